The van der Waals surface area contributed by atoms with Crippen molar-refractivity contribution in [1.82, 2.24) is 9.55 Å². The number of hydrogen-bond acceptors (Lipinski definition) is 5. The van der Waals surface area contributed by atoms with Gasteiger partial charge in [-0.3, -0.25) is 14.2 Å². The molecule has 0 saturated carbocycles. The van der Waals surface area contributed by atoms with E-state index in [0.29, 0.717) is 40.0 Å². The summed E-state index contributed by atoms with van der Waals surface area (Å²) in [5, 5.41) is 3.63. The Morgan fingerprint density at radius 3 is 2.79 bits per heavy atom. The molecule has 2 aromatic carbocycles. The highest BCUT2D eigenvalue weighted by molar-refractivity contribution is 5.93. The van der Waals surface area contributed by atoms with E-state index < -0.39 is 5.76 Å². The van der Waals surface area contributed by atoms with Gasteiger partial charge in [-0.2, -0.15) is 0 Å². The van der Waals surface area contributed by atoms with Crippen molar-refractivity contribution >= 4 is 33.6 Å². The molecule has 0 radical (unpaired) electrons. The van der Waals surface area contributed by atoms with E-state index in [9.17, 15) is 14.4 Å². The number of methoxy groups -OCH3 is 1. The number of aryl methyl sites for hydroxylation is 2. The summed E-state index contributed by atoms with van der Waals surface area (Å²) < 4.78 is 11.7. The highest BCUT2D eigenvalue weighted by Gasteiger charge is 2.10. The topological polar surface area (TPSA) is 106 Å². The van der Waals surface area contributed by atoms with E-state index in [1.54, 1.807) is 50.6 Å². The van der Waals surface area contributed by atoms with Crippen molar-refractivity contribution in [2.75, 3.05) is 12.4 Å². The fourth-order valence-electron chi connectivity index (χ4n) is 3.22. The van der Waals surface area contributed by atoms with Crippen LogP contribution >= 0.6 is 0 Å². The number of nitrogens with one attached hydrogen (secondary N) is 2. The van der Waals surface area contributed by atoms with Crippen molar-refractivity contribution in [3.05, 3.63) is 68.9 Å². The molecule has 0 aliphatic rings. The highest BCUT2D eigenvalue weighted by Crippen LogP contribution is 2.20. The van der Waals surface area contributed by atoms with Crippen LogP contribution in [0.4, 0.5) is 5.69 Å². The summed E-state index contributed by atoms with van der Waals surface area (Å²) in [4.78, 5) is 39.0. The summed E-state index contributed by atoms with van der Waals surface area (Å²) in [5.74, 6) is -0.00380. The van der Waals surface area contributed by atoms with Crippen LogP contribution in [0.2, 0.25) is 0 Å². The lowest BCUT2D eigenvalue weighted by atomic mass is 10.1. The molecule has 0 atom stereocenters. The second-order valence-electron chi connectivity index (χ2n) is 6.73. The predicted molar refractivity (Wildman–Crippen MR) is 110 cm³/mol. The number of aromatic nitrogens is 2. The number of aromatic amines is 1. The van der Waals surface area contributed by atoms with Crippen molar-refractivity contribution in [1.29, 1.82) is 0 Å². The van der Waals surface area contributed by atoms with E-state index >= 15 is 0 Å². The Hall–Kier alpha value is -3.81. The molecule has 0 saturated heterocycles. The minimum Gasteiger partial charge on any atom is -0.497 e. The Balaban J connectivity index is 1.49. The Bertz CT molecular complexity index is 1350. The number of fused-ring (bicyclic) bond motifs is 2. The SMILES string of the molecule is COc1ccc2[nH]c(=O)c(CCC(=O)Nc3ccc4oc(=O)n(C)c4c3)cc2c1. The van der Waals surface area contributed by atoms with Crippen molar-refractivity contribution in [2.45, 2.75) is 12.8 Å². The van der Waals surface area contributed by atoms with Gasteiger partial charge < -0.3 is 19.5 Å². The normalized spacial score (nSPS) is 11.1. The first-order chi connectivity index (χ1) is 13.9. The molecule has 2 aromatic heterocycles. The van der Waals surface area contributed by atoms with Crippen molar-refractivity contribution in [2.24, 2.45) is 7.05 Å². The van der Waals surface area contributed by atoms with Crippen LogP contribution in [0.25, 0.3) is 22.0 Å². The first-order valence-electron chi connectivity index (χ1n) is 9.04. The molecule has 148 valence electrons. The summed E-state index contributed by atoms with van der Waals surface area (Å²) in [6, 6.07) is 12.1. The van der Waals surface area contributed by atoms with E-state index in [-0.39, 0.29) is 17.9 Å². The summed E-state index contributed by atoms with van der Waals surface area (Å²) in [7, 11) is 3.18. The van der Waals surface area contributed by atoms with Crippen molar-refractivity contribution in [3.63, 3.8) is 0 Å². The number of oxazole rings is 1. The fraction of sp³-hybridized carbons (Fsp3) is 0.190. The van der Waals surface area contributed by atoms with Gasteiger partial charge in [0.2, 0.25) is 5.91 Å². The second-order valence-corrected chi connectivity index (χ2v) is 6.73. The van der Waals surface area contributed by atoms with E-state index in [4.69, 9.17) is 9.15 Å². The maximum absolute atomic E-state index is 12.4. The molecule has 4 aromatic rings. The summed E-state index contributed by atoms with van der Waals surface area (Å²) in [6.45, 7) is 0. The number of rotatable bonds is 5. The largest absolute Gasteiger partial charge is 0.497 e. The van der Waals surface area contributed by atoms with E-state index in [0.717, 1.165) is 5.39 Å². The molecule has 0 aliphatic carbocycles. The smallest absolute Gasteiger partial charge is 0.419 e. The number of H-pyrrole nitrogens is 1. The molecular weight excluding hydrogens is 374 g/mol. The van der Waals surface area contributed by atoms with Gasteiger partial charge in [0.25, 0.3) is 5.56 Å². The van der Waals surface area contributed by atoms with Gasteiger partial charge >= 0.3 is 5.76 Å². The van der Waals surface area contributed by atoms with Gasteiger partial charge in [-0.25, -0.2) is 4.79 Å². The summed E-state index contributed by atoms with van der Waals surface area (Å²) in [6.07, 6.45) is 0.432. The average molecular weight is 393 g/mol. The highest BCUT2D eigenvalue weighted by atomic mass is 16.5. The first-order valence-corrected chi connectivity index (χ1v) is 9.04. The van der Waals surface area contributed by atoms with Crippen LogP contribution in [0.15, 0.2) is 56.5 Å². The number of anilines is 1. The number of amides is 1. The van der Waals surface area contributed by atoms with Crippen LogP contribution in [0.1, 0.15) is 12.0 Å². The molecule has 2 heterocycles. The molecule has 8 heteroatoms. The summed E-state index contributed by atoms with van der Waals surface area (Å²) in [5.41, 5.74) is 2.61. The molecule has 4 rings (SSSR count). The van der Waals surface area contributed by atoms with Crippen molar-refractivity contribution in [3.8, 4) is 5.75 Å². The Morgan fingerprint density at radius 1 is 1.17 bits per heavy atom. The average Bonchev–Trinajstić information content (AvgIpc) is 2.99. The number of pyridine rings is 1. The molecule has 2 N–H and O–H groups in total. The molecule has 0 aliphatic heterocycles. The molecule has 8 nitrogen and oxygen atoms in total. The van der Waals surface area contributed by atoms with Gasteiger partial charge in [0, 0.05) is 35.6 Å². The molecule has 1 amide bonds. The lowest BCUT2D eigenvalue weighted by Crippen LogP contribution is -2.17. The molecule has 0 spiro atoms. The third kappa shape index (κ3) is 3.64. The standard InChI is InChI=1S/C21H19N3O5/c1-24-17-11-14(4-7-18(17)29-21(24)27)22-19(25)8-3-12-9-13-10-15(28-2)5-6-16(13)23-20(12)26/h4-7,9-11H,3,8H2,1-2H3,(H,22,25)(H,23,26). The summed E-state index contributed by atoms with van der Waals surface area (Å²) >= 11 is 0. The molecule has 0 unspecified atom stereocenters. The van der Waals surface area contributed by atoms with Gasteiger partial charge in [-0.05, 0) is 48.9 Å². The zero-order valence-corrected chi connectivity index (χ0v) is 15.9. The molecule has 0 fully saturated rings. The Kier molecular flexibility index (Phi) is 4.67. The van der Waals surface area contributed by atoms with Gasteiger partial charge in [0.05, 0.1) is 12.6 Å². The zero-order valence-electron chi connectivity index (χ0n) is 15.9. The van der Waals surface area contributed by atoms with Gasteiger partial charge in [-0.1, -0.05) is 0 Å². The minimum atomic E-state index is -0.462. The molecule has 29 heavy (non-hydrogen) atoms. The lowest BCUT2D eigenvalue weighted by molar-refractivity contribution is -0.116. The third-order valence-electron chi connectivity index (χ3n) is 4.82. The van der Waals surface area contributed by atoms with Crippen LogP contribution in [0, 0.1) is 0 Å². The first kappa shape index (κ1) is 18.5. The number of benzene rings is 2. The number of hydrogen-bond donors (Lipinski definition) is 2. The maximum Gasteiger partial charge on any atom is 0.419 e. The lowest BCUT2D eigenvalue weighted by Gasteiger charge is -2.07. The van der Waals surface area contributed by atoms with Gasteiger partial charge in [0.15, 0.2) is 5.58 Å². The second kappa shape index (κ2) is 7.31. The van der Waals surface area contributed by atoms with Crippen LogP contribution < -0.4 is 21.4 Å². The van der Waals surface area contributed by atoms with Crippen molar-refractivity contribution < 1.29 is 13.9 Å². The van der Waals surface area contributed by atoms with Crippen LogP contribution in [0.5, 0.6) is 5.75 Å². The number of carbonyl (C=O) groups excluding carboxylic acids is 1. The Labute approximate surface area is 164 Å². The minimum absolute atomic E-state index is 0.140. The van der Waals surface area contributed by atoms with Crippen LogP contribution in [-0.4, -0.2) is 22.6 Å². The number of nitrogens with zero attached hydrogens (tertiary/aromatic N) is 1. The predicted octanol–water partition coefficient (Wildman–Crippen LogP) is 2.55. The van der Waals surface area contributed by atoms with Crippen LogP contribution in [0.3, 0.4) is 0 Å². The van der Waals surface area contributed by atoms with Gasteiger partial charge in [-0.15, -0.1) is 0 Å². The van der Waals surface area contributed by atoms with E-state index in [2.05, 4.69) is 10.3 Å². The van der Waals surface area contributed by atoms with Gasteiger partial charge in [0.1, 0.15) is 5.75 Å². The monoisotopic (exact) mass is 393 g/mol. The van der Waals surface area contributed by atoms with Crippen LogP contribution in [-0.2, 0) is 18.3 Å². The fourth-order valence-corrected chi connectivity index (χ4v) is 3.22. The quantitative estimate of drug-likeness (QED) is 0.542. The van der Waals surface area contributed by atoms with E-state index in [1.807, 2.05) is 6.07 Å². The van der Waals surface area contributed by atoms with E-state index in [1.165, 1.54) is 4.57 Å². The number of carbonyl (C=O) groups is 1. The Morgan fingerprint density at radius 2 is 2.00 bits per heavy atom. The zero-order chi connectivity index (χ0) is 20.5. The maximum atomic E-state index is 12.4. The molecule has 0 bridgehead atoms. The third-order valence-corrected chi connectivity index (χ3v) is 4.82. The number of ether oxygens (including phenoxy) is 1. The molecular formula is C21H19N3O5.